The molecular weight excluding hydrogens is 386 g/mol. The first-order chi connectivity index (χ1) is 11.4. The minimum absolute atomic E-state index is 0. The Morgan fingerprint density at radius 2 is 2.00 bits per heavy atom. The molecule has 1 aromatic carbocycles. The zero-order valence-corrected chi connectivity index (χ0v) is 15.8. The fourth-order valence-corrected chi connectivity index (χ4v) is 5.41. The van der Waals surface area contributed by atoms with E-state index in [-0.39, 0.29) is 48.0 Å². The Labute approximate surface area is 156 Å². The Balaban J connectivity index is 0.00000225. The van der Waals surface area contributed by atoms with Crippen LogP contribution in [0.5, 0.6) is 0 Å². The molecule has 2 N–H and O–H groups in total. The molecule has 0 spiro atoms. The second-order valence-electron chi connectivity index (χ2n) is 5.52. The van der Waals surface area contributed by atoms with Gasteiger partial charge in [-0.1, -0.05) is 30.3 Å². The summed E-state index contributed by atoms with van der Waals surface area (Å²) in [6, 6.07) is 9.27. The second-order valence-corrected chi connectivity index (χ2v) is 8.06. The lowest BCUT2D eigenvalue weighted by Crippen LogP contribution is -2.32. The first kappa shape index (κ1) is 19.8. The van der Waals surface area contributed by atoms with Gasteiger partial charge >= 0.3 is 5.97 Å². The molecule has 1 fully saturated rings. The number of nitrogens with two attached hydrogens (primary N) is 1. The zero-order chi connectivity index (χ0) is 17.3. The third-order valence-corrected chi connectivity index (χ3v) is 6.72. The molecule has 0 saturated carbocycles. The van der Waals surface area contributed by atoms with Gasteiger partial charge in [0.1, 0.15) is 4.90 Å². The molecule has 136 valence electrons. The maximum atomic E-state index is 12.9. The summed E-state index contributed by atoms with van der Waals surface area (Å²) in [6.07, 6.45) is 0. The number of hydrogen-bond acceptors (Lipinski definition) is 7. The van der Waals surface area contributed by atoms with E-state index in [1.807, 2.05) is 30.3 Å². The lowest BCUT2D eigenvalue weighted by molar-refractivity contribution is 0.0590. The monoisotopic (exact) mass is 403 g/mol. The Bertz CT molecular complexity index is 841. The number of benzene rings is 1. The molecule has 2 aromatic rings. The summed E-state index contributed by atoms with van der Waals surface area (Å²) in [5, 5.41) is 1.35. The predicted molar refractivity (Wildman–Crippen MR) is 96.6 cm³/mol. The fraction of sp³-hybridized carbons (Fsp3) is 0.333. The molecule has 3 rings (SSSR count). The number of methoxy groups -OCH3 is 1. The molecule has 0 radical (unpaired) electrons. The van der Waals surface area contributed by atoms with Crippen molar-refractivity contribution in [2.75, 3.05) is 20.2 Å². The maximum absolute atomic E-state index is 12.9. The highest BCUT2D eigenvalue weighted by molar-refractivity contribution is 7.89. The number of nitrogens with zero attached hydrogens (tertiary/aromatic N) is 2. The van der Waals surface area contributed by atoms with E-state index in [0.29, 0.717) is 0 Å². The van der Waals surface area contributed by atoms with Crippen LogP contribution in [0, 0.1) is 0 Å². The van der Waals surface area contributed by atoms with E-state index in [4.69, 9.17) is 5.73 Å². The summed E-state index contributed by atoms with van der Waals surface area (Å²) in [5.74, 6) is -0.855. The average molecular weight is 404 g/mol. The standard InChI is InChI=1S/C15H17N3O4S2.ClH/c1-22-15(19)14-13(9-23-17-14)24(20,21)18-7-11(12(16)8-18)10-5-3-2-4-6-10;/h2-6,9,11-12H,7-8,16H2,1H3;1H/t11-,12+;/m0./s1. The highest BCUT2D eigenvalue weighted by Gasteiger charge is 2.40. The highest BCUT2D eigenvalue weighted by atomic mass is 35.5. The SMILES string of the molecule is COC(=O)c1nscc1S(=O)(=O)N1C[C@@H](N)[C@H](c2ccccc2)C1.Cl. The van der Waals surface area contributed by atoms with E-state index < -0.39 is 16.0 Å². The van der Waals surface area contributed by atoms with Crippen LogP contribution in [0.1, 0.15) is 22.0 Å². The van der Waals surface area contributed by atoms with E-state index in [1.54, 1.807) is 0 Å². The van der Waals surface area contributed by atoms with Gasteiger partial charge in [-0.05, 0) is 17.1 Å². The minimum Gasteiger partial charge on any atom is -0.464 e. The topological polar surface area (TPSA) is 103 Å². The lowest BCUT2D eigenvalue weighted by Gasteiger charge is -2.16. The Morgan fingerprint density at radius 3 is 2.64 bits per heavy atom. The van der Waals surface area contributed by atoms with Crippen molar-refractivity contribution in [1.29, 1.82) is 0 Å². The predicted octanol–water partition coefficient (Wildman–Crippen LogP) is 1.47. The number of ether oxygens (including phenoxy) is 1. The summed E-state index contributed by atoms with van der Waals surface area (Å²) >= 11 is 0.906. The van der Waals surface area contributed by atoms with Gasteiger partial charge in [0, 0.05) is 30.4 Å². The first-order valence-corrected chi connectivity index (χ1v) is 9.56. The molecular formula is C15H18ClN3O4S2. The molecule has 25 heavy (non-hydrogen) atoms. The van der Waals surface area contributed by atoms with Crippen molar-refractivity contribution in [1.82, 2.24) is 8.68 Å². The van der Waals surface area contributed by atoms with Crippen molar-refractivity contribution in [2.45, 2.75) is 16.9 Å². The second kappa shape index (κ2) is 7.79. The van der Waals surface area contributed by atoms with Crippen LogP contribution in [-0.4, -0.2) is 49.3 Å². The molecule has 0 unspecified atom stereocenters. The van der Waals surface area contributed by atoms with Gasteiger partial charge in [0.05, 0.1) is 7.11 Å². The van der Waals surface area contributed by atoms with Crippen LogP contribution >= 0.6 is 23.9 Å². The quantitative estimate of drug-likeness (QED) is 0.775. The van der Waals surface area contributed by atoms with Gasteiger partial charge in [0.15, 0.2) is 5.69 Å². The van der Waals surface area contributed by atoms with Crippen molar-refractivity contribution in [2.24, 2.45) is 5.73 Å². The maximum Gasteiger partial charge on any atom is 0.359 e. The van der Waals surface area contributed by atoms with Crippen molar-refractivity contribution >= 4 is 39.9 Å². The molecule has 1 aromatic heterocycles. The molecule has 1 aliphatic rings. The van der Waals surface area contributed by atoms with Gasteiger partial charge in [-0.25, -0.2) is 13.2 Å². The van der Waals surface area contributed by atoms with E-state index in [1.165, 1.54) is 16.8 Å². The Kier molecular flexibility index (Phi) is 6.17. The van der Waals surface area contributed by atoms with Crippen molar-refractivity contribution in [3.8, 4) is 0 Å². The van der Waals surface area contributed by atoms with Crippen molar-refractivity contribution in [3.05, 3.63) is 47.0 Å². The summed E-state index contributed by atoms with van der Waals surface area (Å²) in [6.45, 7) is 0.461. The van der Waals surface area contributed by atoms with Crippen LogP contribution in [0.2, 0.25) is 0 Å². The average Bonchev–Trinajstić information content (AvgIpc) is 3.22. The normalized spacial score (nSPS) is 20.9. The number of halogens is 1. The van der Waals surface area contributed by atoms with Crippen LogP contribution < -0.4 is 5.73 Å². The minimum atomic E-state index is -3.85. The summed E-state index contributed by atoms with van der Waals surface area (Å²) < 4.78 is 35.5. The van der Waals surface area contributed by atoms with Crippen molar-refractivity contribution < 1.29 is 17.9 Å². The molecule has 1 saturated heterocycles. The number of esters is 1. The van der Waals surface area contributed by atoms with Crippen LogP contribution in [-0.2, 0) is 14.8 Å². The highest BCUT2D eigenvalue weighted by Crippen LogP contribution is 2.31. The molecule has 2 atom stereocenters. The van der Waals surface area contributed by atoms with Crippen LogP contribution in [0.4, 0.5) is 0 Å². The molecule has 10 heteroatoms. The van der Waals surface area contributed by atoms with Crippen LogP contribution in [0.15, 0.2) is 40.6 Å². The van der Waals surface area contributed by atoms with E-state index >= 15 is 0 Å². The molecule has 0 aliphatic carbocycles. The lowest BCUT2D eigenvalue weighted by atomic mass is 9.95. The molecule has 7 nitrogen and oxygen atoms in total. The van der Waals surface area contributed by atoms with Gasteiger partial charge in [0.2, 0.25) is 10.0 Å². The van der Waals surface area contributed by atoms with Crippen molar-refractivity contribution in [3.63, 3.8) is 0 Å². The zero-order valence-electron chi connectivity index (χ0n) is 13.4. The van der Waals surface area contributed by atoms with Gasteiger partial charge < -0.3 is 10.5 Å². The smallest absolute Gasteiger partial charge is 0.359 e. The third kappa shape index (κ3) is 3.70. The fourth-order valence-electron chi connectivity index (χ4n) is 2.83. The van der Waals surface area contributed by atoms with Gasteiger partial charge in [-0.2, -0.15) is 8.68 Å². The Hall–Kier alpha value is -1.52. The molecule has 2 heterocycles. The largest absolute Gasteiger partial charge is 0.464 e. The van der Waals surface area contributed by atoms with Crippen LogP contribution in [0.25, 0.3) is 0 Å². The molecule has 0 amide bonds. The number of aromatic nitrogens is 1. The summed E-state index contributed by atoms with van der Waals surface area (Å²) in [7, 11) is -2.66. The van der Waals surface area contributed by atoms with Crippen LogP contribution in [0.3, 0.4) is 0 Å². The van der Waals surface area contributed by atoms with Gasteiger partial charge in [0.25, 0.3) is 0 Å². The molecule has 0 bridgehead atoms. The van der Waals surface area contributed by atoms with Gasteiger partial charge in [-0.3, -0.25) is 0 Å². The number of carbonyl (C=O) groups is 1. The van der Waals surface area contributed by atoms with E-state index in [2.05, 4.69) is 9.11 Å². The van der Waals surface area contributed by atoms with Gasteiger partial charge in [-0.15, -0.1) is 12.4 Å². The first-order valence-electron chi connectivity index (χ1n) is 7.28. The van der Waals surface area contributed by atoms with E-state index in [9.17, 15) is 13.2 Å². The number of carbonyl (C=O) groups excluding carboxylic acids is 1. The third-order valence-electron chi connectivity index (χ3n) is 4.09. The molecule has 1 aliphatic heterocycles. The number of sulfonamides is 1. The summed E-state index contributed by atoms with van der Waals surface area (Å²) in [4.78, 5) is 11.6. The summed E-state index contributed by atoms with van der Waals surface area (Å²) in [5.41, 5.74) is 6.98. The van der Waals surface area contributed by atoms with E-state index in [0.717, 1.165) is 17.1 Å². The number of rotatable bonds is 4. The number of hydrogen-bond donors (Lipinski definition) is 1. The Morgan fingerprint density at radius 1 is 1.32 bits per heavy atom.